The second kappa shape index (κ2) is 5.34. The van der Waals surface area contributed by atoms with Gasteiger partial charge in [-0.2, -0.15) is 0 Å². The lowest BCUT2D eigenvalue weighted by molar-refractivity contribution is 0.0230. The Bertz CT molecular complexity index is 434. The summed E-state index contributed by atoms with van der Waals surface area (Å²) >= 11 is 6.11. The van der Waals surface area contributed by atoms with Crippen LogP contribution in [0.2, 0.25) is 5.02 Å². The molecule has 1 aromatic rings. The Morgan fingerprint density at radius 3 is 2.89 bits per heavy atom. The highest BCUT2D eigenvalue weighted by Gasteiger charge is 2.19. The summed E-state index contributed by atoms with van der Waals surface area (Å²) in [6.07, 6.45) is 0. The van der Waals surface area contributed by atoms with Crippen LogP contribution in [0, 0.1) is 0 Å². The Hall–Kier alpha value is -0.970. The highest BCUT2D eigenvalue weighted by molar-refractivity contribution is 6.32. The van der Waals surface area contributed by atoms with Crippen molar-refractivity contribution >= 4 is 11.6 Å². The van der Waals surface area contributed by atoms with E-state index in [1.807, 2.05) is 26.0 Å². The number of fused-ring (bicyclic) bond motifs is 1. The summed E-state index contributed by atoms with van der Waals surface area (Å²) in [6.45, 7) is 5.78. The Labute approximate surface area is 112 Å². The highest BCUT2D eigenvalue weighted by atomic mass is 35.5. The van der Waals surface area contributed by atoms with Crippen molar-refractivity contribution in [3.05, 3.63) is 22.7 Å². The Balaban J connectivity index is 1.97. The van der Waals surface area contributed by atoms with Crippen LogP contribution in [-0.2, 0) is 11.3 Å². The van der Waals surface area contributed by atoms with Crippen molar-refractivity contribution in [2.45, 2.75) is 26.0 Å². The topological polar surface area (TPSA) is 39.7 Å². The van der Waals surface area contributed by atoms with E-state index in [4.69, 9.17) is 25.8 Å². The molecule has 1 aliphatic rings. The van der Waals surface area contributed by atoms with Crippen LogP contribution in [0.4, 0.5) is 0 Å². The first-order valence-electron chi connectivity index (χ1n) is 5.86. The summed E-state index contributed by atoms with van der Waals surface area (Å²) < 4.78 is 15.9. The molecule has 0 saturated carbocycles. The summed E-state index contributed by atoms with van der Waals surface area (Å²) in [6, 6.07) is 3.84. The van der Waals surface area contributed by atoms with E-state index in [2.05, 4.69) is 5.32 Å². The second-order valence-corrected chi connectivity index (χ2v) is 5.29. The molecule has 0 aromatic heterocycles. The van der Waals surface area contributed by atoms with E-state index in [9.17, 15) is 0 Å². The van der Waals surface area contributed by atoms with E-state index in [0.717, 1.165) is 12.1 Å². The molecule has 1 aliphatic heterocycles. The van der Waals surface area contributed by atoms with Gasteiger partial charge in [0.25, 0.3) is 0 Å². The third kappa shape index (κ3) is 3.07. The van der Waals surface area contributed by atoms with Gasteiger partial charge in [0.15, 0.2) is 11.5 Å². The van der Waals surface area contributed by atoms with Gasteiger partial charge in [0.2, 0.25) is 6.79 Å². The van der Waals surface area contributed by atoms with Crippen LogP contribution in [0.3, 0.4) is 0 Å². The van der Waals surface area contributed by atoms with Crippen molar-refractivity contribution in [3.63, 3.8) is 0 Å². The van der Waals surface area contributed by atoms with Crippen LogP contribution >= 0.6 is 11.6 Å². The van der Waals surface area contributed by atoms with E-state index in [1.165, 1.54) is 0 Å². The molecule has 0 aliphatic carbocycles. The maximum Gasteiger partial charge on any atom is 0.231 e. The summed E-state index contributed by atoms with van der Waals surface area (Å²) in [5.74, 6) is 1.35. The first-order valence-corrected chi connectivity index (χ1v) is 6.23. The van der Waals surface area contributed by atoms with E-state index in [0.29, 0.717) is 23.1 Å². The average Bonchev–Trinajstić information content (AvgIpc) is 2.77. The molecule has 18 heavy (non-hydrogen) atoms. The fraction of sp³-hybridized carbons (Fsp3) is 0.538. The first kappa shape index (κ1) is 13.5. The second-order valence-electron chi connectivity index (χ2n) is 4.88. The third-order valence-electron chi connectivity index (χ3n) is 2.92. The minimum absolute atomic E-state index is 0.180. The smallest absolute Gasteiger partial charge is 0.231 e. The largest absolute Gasteiger partial charge is 0.454 e. The minimum atomic E-state index is -0.180. The van der Waals surface area contributed by atoms with E-state index in [-0.39, 0.29) is 12.4 Å². The molecule has 0 saturated heterocycles. The first-order chi connectivity index (χ1) is 8.52. The molecule has 0 atom stereocenters. The fourth-order valence-electron chi connectivity index (χ4n) is 1.70. The van der Waals surface area contributed by atoms with Crippen LogP contribution in [-0.4, -0.2) is 26.0 Å². The van der Waals surface area contributed by atoms with Gasteiger partial charge in [-0.1, -0.05) is 11.6 Å². The monoisotopic (exact) mass is 271 g/mol. The summed E-state index contributed by atoms with van der Waals surface area (Å²) in [5, 5.41) is 3.92. The maximum absolute atomic E-state index is 6.11. The van der Waals surface area contributed by atoms with E-state index < -0.39 is 0 Å². The lowest BCUT2D eigenvalue weighted by Gasteiger charge is -2.23. The van der Waals surface area contributed by atoms with Crippen LogP contribution in [0.5, 0.6) is 11.5 Å². The SMILES string of the molecule is COC(C)(C)CNCc1cc(Cl)c2c(c1)OCO2. The van der Waals surface area contributed by atoms with Crippen molar-refractivity contribution in [2.75, 3.05) is 20.4 Å². The van der Waals surface area contributed by atoms with E-state index in [1.54, 1.807) is 7.11 Å². The van der Waals surface area contributed by atoms with Crippen molar-refractivity contribution in [1.29, 1.82) is 0 Å². The number of ether oxygens (including phenoxy) is 3. The molecule has 1 N–H and O–H groups in total. The zero-order valence-corrected chi connectivity index (χ0v) is 11.6. The van der Waals surface area contributed by atoms with Crippen molar-refractivity contribution < 1.29 is 14.2 Å². The summed E-state index contributed by atoms with van der Waals surface area (Å²) in [7, 11) is 1.71. The highest BCUT2D eigenvalue weighted by Crippen LogP contribution is 2.39. The molecule has 2 rings (SSSR count). The molecule has 4 nitrogen and oxygen atoms in total. The number of rotatable bonds is 5. The van der Waals surface area contributed by atoms with Gasteiger partial charge in [-0.05, 0) is 31.5 Å². The predicted molar refractivity (Wildman–Crippen MR) is 70.4 cm³/mol. The van der Waals surface area contributed by atoms with Gasteiger partial charge >= 0.3 is 0 Å². The zero-order chi connectivity index (χ0) is 13.2. The number of benzene rings is 1. The van der Waals surface area contributed by atoms with Crippen LogP contribution in [0.25, 0.3) is 0 Å². The molecule has 0 amide bonds. The van der Waals surface area contributed by atoms with Gasteiger partial charge in [-0.25, -0.2) is 0 Å². The number of nitrogens with one attached hydrogen (secondary N) is 1. The molecule has 100 valence electrons. The zero-order valence-electron chi connectivity index (χ0n) is 10.9. The molecule has 0 spiro atoms. The number of methoxy groups -OCH3 is 1. The number of hydrogen-bond donors (Lipinski definition) is 1. The Morgan fingerprint density at radius 2 is 2.17 bits per heavy atom. The normalized spacial score (nSPS) is 14.0. The Morgan fingerprint density at radius 1 is 1.39 bits per heavy atom. The lowest BCUT2D eigenvalue weighted by atomic mass is 10.1. The standard InChI is InChI=1S/C13H18ClNO3/c1-13(2,16-3)7-15-6-9-4-10(14)12-11(5-9)17-8-18-12/h4-5,15H,6-8H2,1-3H3. The third-order valence-corrected chi connectivity index (χ3v) is 3.20. The number of halogens is 1. The molecular weight excluding hydrogens is 254 g/mol. The van der Waals surface area contributed by atoms with Gasteiger partial charge in [0.1, 0.15) is 0 Å². The lowest BCUT2D eigenvalue weighted by Crippen LogP contribution is -2.36. The van der Waals surface area contributed by atoms with Crippen molar-refractivity contribution in [3.8, 4) is 11.5 Å². The molecule has 0 radical (unpaired) electrons. The predicted octanol–water partition coefficient (Wildman–Crippen LogP) is 2.58. The van der Waals surface area contributed by atoms with Gasteiger partial charge in [0.05, 0.1) is 10.6 Å². The van der Waals surface area contributed by atoms with Gasteiger partial charge in [0, 0.05) is 20.2 Å². The fourth-order valence-corrected chi connectivity index (χ4v) is 1.99. The van der Waals surface area contributed by atoms with Crippen molar-refractivity contribution in [1.82, 2.24) is 5.32 Å². The van der Waals surface area contributed by atoms with Crippen LogP contribution < -0.4 is 14.8 Å². The molecule has 0 bridgehead atoms. The maximum atomic E-state index is 6.11. The average molecular weight is 272 g/mol. The van der Waals surface area contributed by atoms with E-state index >= 15 is 0 Å². The van der Waals surface area contributed by atoms with Crippen molar-refractivity contribution in [2.24, 2.45) is 0 Å². The minimum Gasteiger partial charge on any atom is -0.454 e. The summed E-state index contributed by atoms with van der Waals surface area (Å²) in [4.78, 5) is 0. The van der Waals surface area contributed by atoms with Gasteiger partial charge in [-0.3, -0.25) is 0 Å². The molecular formula is C13H18ClNO3. The van der Waals surface area contributed by atoms with Gasteiger partial charge < -0.3 is 19.5 Å². The van der Waals surface area contributed by atoms with Gasteiger partial charge in [-0.15, -0.1) is 0 Å². The Kier molecular flexibility index (Phi) is 4.00. The molecule has 1 aromatic carbocycles. The summed E-state index contributed by atoms with van der Waals surface area (Å²) in [5.41, 5.74) is 0.885. The molecule has 1 heterocycles. The molecule has 0 unspecified atom stereocenters. The quantitative estimate of drug-likeness (QED) is 0.894. The van der Waals surface area contributed by atoms with Crippen LogP contribution in [0.15, 0.2) is 12.1 Å². The van der Waals surface area contributed by atoms with Crippen LogP contribution in [0.1, 0.15) is 19.4 Å². The molecule has 5 heteroatoms. The number of hydrogen-bond acceptors (Lipinski definition) is 4. The molecule has 0 fully saturated rings.